The molecule has 1 aromatic heterocycles. The molecule has 1 aromatic carbocycles. The van der Waals surface area contributed by atoms with Crippen LogP contribution in [0.3, 0.4) is 0 Å². The van der Waals surface area contributed by atoms with Crippen molar-refractivity contribution in [1.29, 1.82) is 0 Å². The molecule has 0 amide bonds. The highest BCUT2D eigenvalue weighted by atomic mass is 79.9. The molecule has 0 bridgehead atoms. The molecule has 17 heavy (non-hydrogen) atoms. The fraction of sp³-hybridized carbons (Fsp3) is 0. The molecule has 0 fully saturated rings. The summed E-state index contributed by atoms with van der Waals surface area (Å²) in [5.74, 6) is -0.863. The zero-order valence-corrected chi connectivity index (χ0v) is 13.7. The number of benzene rings is 1. The minimum Gasteiger partial charge on any atom is -0.287 e. The molecular weight excluding hydrogens is 439 g/mol. The van der Waals surface area contributed by atoms with Crippen molar-refractivity contribution in [1.82, 2.24) is 0 Å². The van der Waals surface area contributed by atoms with E-state index in [9.17, 15) is 9.18 Å². The number of halogens is 4. The van der Waals surface area contributed by atoms with Crippen molar-refractivity contribution in [3.63, 3.8) is 0 Å². The fourth-order valence-electron chi connectivity index (χ4n) is 1.30. The summed E-state index contributed by atoms with van der Waals surface area (Å²) in [6, 6.07) is 4.47. The van der Waals surface area contributed by atoms with Crippen LogP contribution in [0.25, 0.3) is 0 Å². The number of hydrogen-bond donors (Lipinski definition) is 0. The van der Waals surface area contributed by atoms with Gasteiger partial charge in [0.25, 0.3) is 0 Å². The average molecular weight is 443 g/mol. The molecule has 1 heterocycles. The van der Waals surface area contributed by atoms with Crippen molar-refractivity contribution in [3.05, 3.63) is 53.3 Å². The molecule has 1 nitrogen and oxygen atoms in total. The van der Waals surface area contributed by atoms with Crippen LogP contribution < -0.4 is 0 Å². The first-order valence-corrected chi connectivity index (χ1v) is 7.69. The van der Waals surface area contributed by atoms with E-state index in [1.54, 1.807) is 17.5 Å². The number of carbonyl (C=O) groups excluding carboxylic acids is 1. The van der Waals surface area contributed by atoms with Crippen molar-refractivity contribution < 1.29 is 9.18 Å². The first-order chi connectivity index (χ1) is 8.02. The van der Waals surface area contributed by atoms with Crippen molar-refractivity contribution in [2.24, 2.45) is 0 Å². The maximum absolute atomic E-state index is 13.7. The quantitative estimate of drug-likeness (QED) is 0.569. The van der Waals surface area contributed by atoms with Gasteiger partial charge in [0, 0.05) is 14.3 Å². The molecule has 0 N–H and O–H groups in total. The lowest BCUT2D eigenvalue weighted by atomic mass is 10.1. The topological polar surface area (TPSA) is 17.1 Å². The number of thiophene rings is 1. The Bertz CT molecular complexity index is 574. The molecule has 0 aliphatic carbocycles. The molecule has 0 saturated heterocycles. The third kappa shape index (κ3) is 2.54. The second-order valence-electron chi connectivity index (χ2n) is 3.15. The molecule has 0 aliphatic heterocycles. The van der Waals surface area contributed by atoms with Gasteiger partial charge in [-0.2, -0.15) is 0 Å². The molecule has 2 aromatic rings. The normalized spacial score (nSPS) is 10.6. The highest BCUT2D eigenvalue weighted by Gasteiger charge is 2.21. The lowest BCUT2D eigenvalue weighted by molar-refractivity contribution is 0.103. The number of carbonyl (C=O) groups is 1. The van der Waals surface area contributed by atoms with E-state index in [-0.39, 0.29) is 11.3 Å². The monoisotopic (exact) mass is 440 g/mol. The Morgan fingerprint density at radius 2 is 1.88 bits per heavy atom. The first-order valence-electron chi connectivity index (χ1n) is 4.43. The summed E-state index contributed by atoms with van der Waals surface area (Å²) >= 11 is 11.1. The molecule has 0 atom stereocenters. The Morgan fingerprint density at radius 3 is 2.41 bits per heavy atom. The van der Waals surface area contributed by atoms with E-state index >= 15 is 0 Å². The molecule has 88 valence electrons. The van der Waals surface area contributed by atoms with Gasteiger partial charge in [-0.15, -0.1) is 11.3 Å². The molecule has 0 unspecified atom stereocenters. The molecule has 0 aliphatic rings. The smallest absolute Gasteiger partial charge is 0.208 e. The van der Waals surface area contributed by atoms with Crippen molar-refractivity contribution in [2.45, 2.75) is 0 Å². The van der Waals surface area contributed by atoms with Crippen LogP contribution in [0.4, 0.5) is 4.39 Å². The van der Waals surface area contributed by atoms with E-state index in [4.69, 9.17) is 0 Å². The Labute approximate surface area is 126 Å². The summed E-state index contributed by atoms with van der Waals surface area (Å²) in [7, 11) is 0. The first kappa shape index (κ1) is 13.4. The van der Waals surface area contributed by atoms with Gasteiger partial charge in [-0.05, 0) is 59.9 Å². The van der Waals surface area contributed by atoms with Crippen LogP contribution in [0.1, 0.15) is 15.2 Å². The number of ketones is 1. The minimum atomic E-state index is -0.527. The van der Waals surface area contributed by atoms with Crippen molar-refractivity contribution in [2.75, 3.05) is 0 Å². The molecule has 0 spiro atoms. The Balaban J connectivity index is 2.55. The lowest BCUT2D eigenvalue weighted by Crippen LogP contribution is -2.04. The van der Waals surface area contributed by atoms with Gasteiger partial charge in [-0.1, -0.05) is 6.07 Å². The number of hydrogen-bond acceptors (Lipinski definition) is 2. The Kier molecular flexibility index (Phi) is 4.18. The highest BCUT2D eigenvalue weighted by molar-refractivity contribution is 9.13. The lowest BCUT2D eigenvalue weighted by Gasteiger charge is -2.04. The number of rotatable bonds is 2. The Hall–Kier alpha value is -0.0400. The van der Waals surface area contributed by atoms with E-state index in [1.807, 2.05) is 0 Å². The van der Waals surface area contributed by atoms with Crippen LogP contribution in [-0.2, 0) is 0 Å². The van der Waals surface area contributed by atoms with Gasteiger partial charge in [0.1, 0.15) is 5.82 Å². The summed E-state index contributed by atoms with van der Waals surface area (Å²) in [5, 5.41) is 1.78. The van der Waals surface area contributed by atoms with Gasteiger partial charge in [-0.25, -0.2) is 4.39 Å². The minimum absolute atomic E-state index is 0.0579. The van der Waals surface area contributed by atoms with E-state index in [0.717, 1.165) is 4.47 Å². The van der Waals surface area contributed by atoms with Gasteiger partial charge < -0.3 is 0 Å². The molecule has 2 rings (SSSR count). The SMILES string of the molecule is O=C(c1scc(Br)c1Br)c1c(F)cccc1Br. The van der Waals surface area contributed by atoms with Gasteiger partial charge in [0.15, 0.2) is 0 Å². The van der Waals surface area contributed by atoms with Crippen molar-refractivity contribution >= 4 is 64.9 Å². The average Bonchev–Trinajstić information content (AvgIpc) is 2.59. The second-order valence-corrected chi connectivity index (χ2v) is 6.53. The maximum Gasteiger partial charge on any atom is 0.208 e. The van der Waals surface area contributed by atoms with Crippen LogP contribution in [0, 0.1) is 5.82 Å². The van der Waals surface area contributed by atoms with Crippen molar-refractivity contribution in [3.8, 4) is 0 Å². The maximum atomic E-state index is 13.7. The summed E-state index contributed by atoms with van der Waals surface area (Å²) in [4.78, 5) is 12.7. The third-order valence-corrected chi connectivity index (χ3v) is 6.27. The zero-order valence-electron chi connectivity index (χ0n) is 8.14. The zero-order chi connectivity index (χ0) is 12.6. The van der Waals surface area contributed by atoms with Crippen LogP contribution >= 0.6 is 59.1 Å². The summed E-state index contributed by atoms with van der Waals surface area (Å²) in [6.07, 6.45) is 0. The van der Waals surface area contributed by atoms with Gasteiger partial charge in [0.2, 0.25) is 5.78 Å². The van der Waals surface area contributed by atoms with E-state index < -0.39 is 5.82 Å². The standard InChI is InChI=1S/C11H4Br3FOS/c12-5-2-1-3-7(15)8(5)10(16)11-9(14)6(13)4-17-11/h1-4H. The molecule has 6 heteroatoms. The predicted octanol–water partition coefficient (Wildman–Crippen LogP) is 5.41. The van der Waals surface area contributed by atoms with E-state index in [0.29, 0.717) is 13.8 Å². The van der Waals surface area contributed by atoms with Crippen LogP contribution in [0.5, 0.6) is 0 Å². The van der Waals surface area contributed by atoms with Gasteiger partial charge in [0.05, 0.1) is 14.9 Å². The molecule has 0 radical (unpaired) electrons. The molecular formula is C11H4Br3FOS. The van der Waals surface area contributed by atoms with Gasteiger partial charge >= 0.3 is 0 Å². The van der Waals surface area contributed by atoms with E-state index in [2.05, 4.69) is 47.8 Å². The summed E-state index contributed by atoms with van der Waals surface area (Å²) in [6.45, 7) is 0. The molecule has 0 saturated carbocycles. The highest BCUT2D eigenvalue weighted by Crippen LogP contribution is 2.35. The second kappa shape index (κ2) is 5.30. The van der Waals surface area contributed by atoms with Crippen LogP contribution in [0.2, 0.25) is 0 Å². The summed E-state index contributed by atoms with van der Waals surface area (Å²) in [5.41, 5.74) is 0.0579. The summed E-state index contributed by atoms with van der Waals surface area (Å²) < 4.78 is 15.6. The van der Waals surface area contributed by atoms with Crippen LogP contribution in [-0.4, -0.2) is 5.78 Å². The largest absolute Gasteiger partial charge is 0.287 e. The third-order valence-electron chi connectivity index (χ3n) is 2.09. The Morgan fingerprint density at radius 1 is 1.18 bits per heavy atom. The predicted molar refractivity (Wildman–Crippen MR) is 77.3 cm³/mol. The fourth-order valence-corrected chi connectivity index (χ4v) is 3.92. The van der Waals surface area contributed by atoms with Gasteiger partial charge in [-0.3, -0.25) is 4.79 Å². The van der Waals surface area contributed by atoms with Crippen LogP contribution in [0.15, 0.2) is 37.0 Å². The van der Waals surface area contributed by atoms with E-state index in [1.165, 1.54) is 17.4 Å².